The summed E-state index contributed by atoms with van der Waals surface area (Å²) in [6.45, 7) is 0.349. The zero-order valence-corrected chi connectivity index (χ0v) is 10.4. The molecular weight excluding hydrogens is 298 g/mol. The van der Waals surface area contributed by atoms with Gasteiger partial charge >= 0.3 is 0 Å². The van der Waals surface area contributed by atoms with Gasteiger partial charge in [0.2, 0.25) is 0 Å². The molecule has 16 heavy (non-hydrogen) atoms. The number of rotatable bonds is 3. The van der Waals surface area contributed by atoms with E-state index < -0.39 is 11.6 Å². The monoisotopic (exact) mass is 304 g/mol. The van der Waals surface area contributed by atoms with Crippen LogP contribution in [0.2, 0.25) is 0 Å². The second kappa shape index (κ2) is 4.93. The van der Waals surface area contributed by atoms with Crippen LogP contribution in [0.1, 0.15) is 4.88 Å². The third kappa shape index (κ3) is 2.80. The van der Waals surface area contributed by atoms with Crippen LogP contribution in [0.3, 0.4) is 0 Å². The van der Waals surface area contributed by atoms with E-state index in [-0.39, 0.29) is 0 Å². The number of thiophene rings is 1. The van der Waals surface area contributed by atoms with Crippen molar-refractivity contribution in [3.8, 4) is 5.75 Å². The lowest BCUT2D eigenvalue weighted by atomic mass is 10.3. The molecule has 0 radical (unpaired) electrons. The fourth-order valence-corrected chi connectivity index (χ4v) is 2.51. The van der Waals surface area contributed by atoms with Crippen LogP contribution in [0, 0.1) is 11.6 Å². The van der Waals surface area contributed by atoms with Crippen molar-refractivity contribution in [3.63, 3.8) is 0 Å². The predicted octanol–water partition coefficient (Wildman–Crippen LogP) is 4.37. The van der Waals surface area contributed by atoms with Gasteiger partial charge in [0.15, 0.2) is 11.6 Å². The van der Waals surface area contributed by atoms with Gasteiger partial charge in [-0.15, -0.1) is 11.3 Å². The fourth-order valence-electron chi connectivity index (χ4n) is 1.15. The molecule has 2 rings (SSSR count). The molecule has 1 aromatic carbocycles. The van der Waals surface area contributed by atoms with Crippen LogP contribution in [0.4, 0.5) is 8.78 Å². The van der Waals surface area contributed by atoms with Gasteiger partial charge in [-0.1, -0.05) is 0 Å². The molecule has 0 unspecified atom stereocenters. The van der Waals surface area contributed by atoms with Gasteiger partial charge in [-0.2, -0.15) is 0 Å². The summed E-state index contributed by atoms with van der Waals surface area (Å²) in [5.41, 5.74) is 0. The number of ether oxygens (including phenoxy) is 1. The maximum atomic E-state index is 12.8. The first kappa shape index (κ1) is 11.5. The molecule has 0 aliphatic carbocycles. The first-order valence-electron chi connectivity index (χ1n) is 4.46. The second-order valence-electron chi connectivity index (χ2n) is 3.10. The number of halogens is 3. The van der Waals surface area contributed by atoms with Crippen LogP contribution in [0.15, 0.2) is 34.1 Å². The molecule has 0 aliphatic rings. The Balaban J connectivity index is 2.02. The maximum Gasteiger partial charge on any atom is 0.162 e. The first-order valence-corrected chi connectivity index (χ1v) is 6.13. The molecule has 0 aliphatic heterocycles. The molecule has 2 aromatic rings. The van der Waals surface area contributed by atoms with Crippen LogP contribution in [0.5, 0.6) is 5.75 Å². The first-order chi connectivity index (χ1) is 7.65. The van der Waals surface area contributed by atoms with Crippen molar-refractivity contribution in [2.75, 3.05) is 0 Å². The van der Waals surface area contributed by atoms with Gasteiger partial charge in [0.05, 0.1) is 0 Å². The lowest BCUT2D eigenvalue weighted by Crippen LogP contribution is -1.94. The van der Waals surface area contributed by atoms with Gasteiger partial charge in [-0.3, -0.25) is 0 Å². The van der Waals surface area contributed by atoms with Crippen molar-refractivity contribution in [1.82, 2.24) is 0 Å². The summed E-state index contributed by atoms with van der Waals surface area (Å²) in [6, 6.07) is 5.42. The van der Waals surface area contributed by atoms with Crippen molar-refractivity contribution < 1.29 is 13.5 Å². The van der Waals surface area contributed by atoms with E-state index in [4.69, 9.17) is 4.74 Å². The zero-order chi connectivity index (χ0) is 11.5. The molecule has 1 heterocycles. The summed E-state index contributed by atoms with van der Waals surface area (Å²) in [4.78, 5) is 1.01. The third-order valence-corrected chi connectivity index (χ3v) is 3.57. The van der Waals surface area contributed by atoms with Crippen LogP contribution >= 0.6 is 27.3 Å². The topological polar surface area (TPSA) is 9.23 Å². The molecule has 0 amide bonds. The van der Waals surface area contributed by atoms with Gasteiger partial charge < -0.3 is 4.74 Å². The molecule has 0 saturated heterocycles. The molecule has 0 N–H and O–H groups in total. The minimum absolute atomic E-state index is 0.323. The quantitative estimate of drug-likeness (QED) is 0.818. The van der Waals surface area contributed by atoms with Crippen molar-refractivity contribution in [2.45, 2.75) is 6.61 Å². The van der Waals surface area contributed by atoms with E-state index in [1.54, 1.807) is 0 Å². The number of hydrogen-bond donors (Lipinski definition) is 0. The molecule has 5 heteroatoms. The lowest BCUT2D eigenvalue weighted by molar-refractivity contribution is 0.306. The predicted molar refractivity (Wildman–Crippen MR) is 62.7 cm³/mol. The van der Waals surface area contributed by atoms with Gasteiger partial charge in [0.1, 0.15) is 12.4 Å². The Bertz CT molecular complexity index is 498. The summed E-state index contributed by atoms with van der Waals surface area (Å²) in [7, 11) is 0. The van der Waals surface area contributed by atoms with E-state index in [0.29, 0.717) is 12.4 Å². The molecule has 1 aromatic heterocycles. The summed E-state index contributed by atoms with van der Waals surface area (Å²) in [6.07, 6.45) is 0. The van der Waals surface area contributed by atoms with Gasteiger partial charge in [0, 0.05) is 20.8 Å². The fraction of sp³-hybridized carbons (Fsp3) is 0.0909. The Morgan fingerprint density at radius 2 is 2.00 bits per heavy atom. The molecule has 0 bridgehead atoms. The van der Waals surface area contributed by atoms with E-state index in [0.717, 1.165) is 21.5 Å². The highest BCUT2D eigenvalue weighted by molar-refractivity contribution is 9.10. The zero-order valence-electron chi connectivity index (χ0n) is 8.04. The summed E-state index contributed by atoms with van der Waals surface area (Å²) < 4.78 is 31.8. The Morgan fingerprint density at radius 1 is 1.19 bits per heavy atom. The molecule has 0 spiro atoms. The normalized spacial score (nSPS) is 10.4. The van der Waals surface area contributed by atoms with Crippen molar-refractivity contribution in [2.24, 2.45) is 0 Å². The number of hydrogen-bond acceptors (Lipinski definition) is 2. The van der Waals surface area contributed by atoms with Crippen LogP contribution in [-0.2, 0) is 6.61 Å². The molecule has 0 fully saturated rings. The molecule has 1 nitrogen and oxygen atoms in total. The SMILES string of the molecule is Fc1ccc(OCc2cc(Br)cs2)cc1F. The smallest absolute Gasteiger partial charge is 0.162 e. The summed E-state index contributed by atoms with van der Waals surface area (Å²) in [5.74, 6) is -1.44. The largest absolute Gasteiger partial charge is 0.488 e. The van der Waals surface area contributed by atoms with Crippen molar-refractivity contribution in [3.05, 3.63) is 50.6 Å². The average Bonchev–Trinajstić information content (AvgIpc) is 2.66. The Kier molecular flexibility index (Phi) is 3.56. The molecular formula is C11H7BrF2OS. The highest BCUT2D eigenvalue weighted by Crippen LogP contribution is 2.22. The molecule has 0 saturated carbocycles. The summed E-state index contributed by atoms with van der Waals surface area (Å²) >= 11 is 4.86. The van der Waals surface area contributed by atoms with Gasteiger partial charge in [0.25, 0.3) is 0 Å². The van der Waals surface area contributed by atoms with Gasteiger partial charge in [-0.05, 0) is 34.1 Å². The van der Waals surface area contributed by atoms with E-state index in [9.17, 15) is 8.78 Å². The second-order valence-corrected chi connectivity index (χ2v) is 5.01. The van der Waals surface area contributed by atoms with E-state index in [1.807, 2.05) is 11.4 Å². The Labute approximate surface area is 104 Å². The Hall–Kier alpha value is -0.940. The lowest BCUT2D eigenvalue weighted by Gasteiger charge is -2.04. The minimum atomic E-state index is -0.898. The third-order valence-electron chi connectivity index (χ3n) is 1.89. The van der Waals surface area contributed by atoms with Crippen molar-refractivity contribution >= 4 is 27.3 Å². The molecule has 84 valence electrons. The van der Waals surface area contributed by atoms with E-state index >= 15 is 0 Å². The van der Waals surface area contributed by atoms with Crippen LogP contribution in [-0.4, -0.2) is 0 Å². The van der Waals surface area contributed by atoms with E-state index in [1.165, 1.54) is 17.4 Å². The highest BCUT2D eigenvalue weighted by Gasteiger charge is 2.04. The highest BCUT2D eigenvalue weighted by atomic mass is 79.9. The van der Waals surface area contributed by atoms with Crippen LogP contribution in [0.25, 0.3) is 0 Å². The summed E-state index contributed by atoms with van der Waals surface area (Å²) in [5, 5.41) is 1.93. The standard InChI is InChI=1S/C11H7BrF2OS/c12-7-3-9(16-6-7)5-15-8-1-2-10(13)11(14)4-8/h1-4,6H,5H2. The van der Waals surface area contributed by atoms with Crippen molar-refractivity contribution in [1.29, 1.82) is 0 Å². The number of benzene rings is 1. The Morgan fingerprint density at radius 3 is 2.62 bits per heavy atom. The molecule has 0 atom stereocenters. The minimum Gasteiger partial charge on any atom is -0.488 e. The maximum absolute atomic E-state index is 12.8. The van der Waals surface area contributed by atoms with E-state index in [2.05, 4.69) is 15.9 Å². The van der Waals surface area contributed by atoms with Gasteiger partial charge in [-0.25, -0.2) is 8.78 Å². The average molecular weight is 305 g/mol. The van der Waals surface area contributed by atoms with Crippen LogP contribution < -0.4 is 4.74 Å².